The highest BCUT2D eigenvalue weighted by atomic mass is 35.5. The van der Waals surface area contributed by atoms with Gasteiger partial charge in [-0.25, -0.2) is 19.4 Å². The third-order valence-corrected chi connectivity index (χ3v) is 5.30. The van der Waals surface area contributed by atoms with E-state index in [1.165, 1.54) is 29.1 Å². The van der Waals surface area contributed by atoms with E-state index in [0.717, 1.165) is 4.68 Å². The molecule has 0 bridgehead atoms. The predicted molar refractivity (Wildman–Crippen MR) is 110 cm³/mol. The van der Waals surface area contributed by atoms with Crippen LogP contribution in [0.3, 0.4) is 0 Å². The molecular weight excluding hydrogens is 472 g/mol. The van der Waals surface area contributed by atoms with Crippen LogP contribution in [0, 0.1) is 0 Å². The lowest BCUT2D eigenvalue weighted by Gasteiger charge is -2.08. The Bertz CT molecular complexity index is 1590. The second-order valence-electron chi connectivity index (χ2n) is 6.76. The number of fused-ring (bicyclic) bond motifs is 2. The third-order valence-electron chi connectivity index (χ3n) is 4.62. The van der Waals surface area contributed by atoms with E-state index in [9.17, 15) is 18.0 Å². The number of nitrogens with zero attached hydrogens (tertiary/aromatic N) is 6. The summed E-state index contributed by atoms with van der Waals surface area (Å²) in [5.74, 6) is -0.532. The average molecular weight is 481 g/mol. The molecule has 0 radical (unpaired) electrons. The Morgan fingerprint density at radius 1 is 1.12 bits per heavy atom. The summed E-state index contributed by atoms with van der Waals surface area (Å²) in [6.45, 7) is 0. The fraction of sp³-hybridized carbons (Fsp3) is 0.105. The Balaban J connectivity index is 1.83. The largest absolute Gasteiger partial charge is 0.435 e. The molecule has 0 saturated heterocycles. The zero-order valence-electron chi connectivity index (χ0n) is 15.9. The highest BCUT2D eigenvalue weighted by molar-refractivity contribution is 6.40. The maximum atomic E-state index is 13.4. The Kier molecular flexibility index (Phi) is 4.50. The Morgan fingerprint density at radius 3 is 2.62 bits per heavy atom. The van der Waals surface area contributed by atoms with Crippen LogP contribution >= 0.6 is 23.2 Å². The minimum Gasteiger partial charge on any atom is -0.401 e. The lowest BCUT2D eigenvalue weighted by Crippen LogP contribution is -2.09. The number of halogens is 5. The number of alkyl halides is 3. The zero-order valence-corrected chi connectivity index (χ0v) is 17.4. The van der Waals surface area contributed by atoms with Crippen LogP contribution in [0.15, 0.2) is 45.9 Å². The van der Waals surface area contributed by atoms with Crippen molar-refractivity contribution in [2.24, 2.45) is 7.05 Å². The van der Waals surface area contributed by atoms with E-state index in [4.69, 9.17) is 27.6 Å². The Labute approximate surface area is 185 Å². The summed E-state index contributed by atoms with van der Waals surface area (Å²) in [5, 5.41) is 8.46. The topological polar surface area (TPSA) is 91.6 Å². The van der Waals surface area contributed by atoms with Gasteiger partial charge in [0.1, 0.15) is 11.2 Å². The van der Waals surface area contributed by atoms with Crippen molar-refractivity contribution in [1.29, 1.82) is 0 Å². The van der Waals surface area contributed by atoms with E-state index in [2.05, 4.69) is 20.2 Å². The second kappa shape index (κ2) is 7.04. The molecule has 13 heteroatoms. The van der Waals surface area contributed by atoms with Crippen LogP contribution in [0.25, 0.3) is 39.2 Å². The van der Waals surface area contributed by atoms with E-state index >= 15 is 0 Å². The summed E-state index contributed by atoms with van der Waals surface area (Å²) in [6.07, 6.45) is -1.81. The minimum absolute atomic E-state index is 0.0305. The molecule has 1 aromatic carbocycles. The molecule has 0 fully saturated rings. The monoisotopic (exact) mass is 480 g/mol. The Hall–Kier alpha value is -3.44. The van der Waals surface area contributed by atoms with E-state index in [-0.39, 0.29) is 32.5 Å². The van der Waals surface area contributed by atoms with Crippen LogP contribution in [0.5, 0.6) is 0 Å². The van der Waals surface area contributed by atoms with Crippen molar-refractivity contribution in [3.63, 3.8) is 0 Å². The molecule has 5 rings (SSSR count). The van der Waals surface area contributed by atoms with Gasteiger partial charge in [-0.1, -0.05) is 23.2 Å². The summed E-state index contributed by atoms with van der Waals surface area (Å²) >= 11 is 12.6. The number of benzene rings is 1. The smallest absolute Gasteiger partial charge is 0.401 e. The molecule has 0 aliphatic heterocycles. The number of rotatable bonds is 2. The SMILES string of the molecule is Cn1cc2c(Cl)c3nc(-c4cc(C(F)(F)F)nn4-c4ncccc4Cl)oc(=O)c3cc2n1. The number of pyridine rings is 1. The van der Waals surface area contributed by atoms with Crippen LogP contribution in [0.1, 0.15) is 5.69 Å². The lowest BCUT2D eigenvalue weighted by molar-refractivity contribution is -0.141. The van der Waals surface area contributed by atoms with Gasteiger partial charge >= 0.3 is 11.8 Å². The van der Waals surface area contributed by atoms with Gasteiger partial charge in [-0.15, -0.1) is 0 Å². The third kappa shape index (κ3) is 3.21. The van der Waals surface area contributed by atoms with E-state index < -0.39 is 23.4 Å². The molecule has 162 valence electrons. The molecule has 0 N–H and O–H groups in total. The van der Waals surface area contributed by atoms with Crippen molar-refractivity contribution in [3.05, 3.63) is 62.8 Å². The minimum atomic E-state index is -4.78. The van der Waals surface area contributed by atoms with Gasteiger partial charge in [-0.2, -0.15) is 23.4 Å². The molecule has 0 spiro atoms. The molecular formula is C19H9Cl2F3N6O2. The van der Waals surface area contributed by atoms with Crippen LogP contribution in [0.2, 0.25) is 10.0 Å². The first-order valence-electron chi connectivity index (χ1n) is 8.88. The molecule has 0 atom stereocenters. The number of aromatic nitrogens is 6. The van der Waals surface area contributed by atoms with Crippen LogP contribution in [0.4, 0.5) is 13.2 Å². The van der Waals surface area contributed by atoms with E-state index in [1.54, 1.807) is 13.2 Å². The van der Waals surface area contributed by atoms with Crippen molar-refractivity contribution in [1.82, 2.24) is 29.5 Å². The summed E-state index contributed by atoms with van der Waals surface area (Å²) < 4.78 is 47.8. The first-order valence-corrected chi connectivity index (χ1v) is 9.64. The summed E-state index contributed by atoms with van der Waals surface area (Å²) in [7, 11) is 1.68. The van der Waals surface area contributed by atoms with Gasteiger partial charge in [0.15, 0.2) is 11.5 Å². The Morgan fingerprint density at radius 2 is 1.91 bits per heavy atom. The van der Waals surface area contributed by atoms with Gasteiger partial charge in [0.25, 0.3) is 0 Å². The fourth-order valence-corrected chi connectivity index (χ4v) is 3.73. The van der Waals surface area contributed by atoms with Crippen LogP contribution in [-0.4, -0.2) is 29.5 Å². The molecule has 8 nitrogen and oxygen atoms in total. The van der Waals surface area contributed by atoms with Crippen molar-refractivity contribution < 1.29 is 17.6 Å². The molecule has 0 aliphatic carbocycles. The molecule has 4 heterocycles. The van der Waals surface area contributed by atoms with E-state index in [1.807, 2.05) is 0 Å². The second-order valence-corrected chi connectivity index (χ2v) is 7.55. The van der Waals surface area contributed by atoms with Gasteiger partial charge in [0.05, 0.1) is 20.9 Å². The first kappa shape index (κ1) is 20.5. The van der Waals surface area contributed by atoms with Crippen molar-refractivity contribution >= 4 is 45.0 Å². The number of aryl methyl sites for hydroxylation is 1. The predicted octanol–water partition coefficient (Wildman–Crippen LogP) is 4.65. The van der Waals surface area contributed by atoms with Crippen LogP contribution in [-0.2, 0) is 13.2 Å². The average Bonchev–Trinajstić information content (AvgIpc) is 3.33. The van der Waals surface area contributed by atoms with Crippen molar-refractivity contribution in [3.8, 4) is 17.4 Å². The zero-order chi connectivity index (χ0) is 22.8. The van der Waals surface area contributed by atoms with Crippen molar-refractivity contribution in [2.75, 3.05) is 0 Å². The quantitative estimate of drug-likeness (QED) is 0.365. The number of hydrogen-bond acceptors (Lipinski definition) is 6. The fourth-order valence-electron chi connectivity index (χ4n) is 3.24. The lowest BCUT2D eigenvalue weighted by atomic mass is 10.2. The maximum Gasteiger partial charge on any atom is 0.435 e. The summed E-state index contributed by atoms with van der Waals surface area (Å²) in [5.41, 5.74) is -1.89. The molecule has 32 heavy (non-hydrogen) atoms. The highest BCUT2D eigenvalue weighted by Gasteiger charge is 2.36. The molecule has 5 aromatic rings. The standard InChI is InChI=1S/C19H9Cl2F3N6O2/c1-29-7-9-11(27-29)5-8-15(14(9)21)26-17(32-18(8)31)12-6-13(19(22,23)24)28-30(12)16-10(20)3-2-4-25-16/h2-7H,1H3. The van der Waals surface area contributed by atoms with Crippen molar-refractivity contribution in [2.45, 2.75) is 6.18 Å². The molecule has 0 aliphatic rings. The summed E-state index contributed by atoms with van der Waals surface area (Å²) in [4.78, 5) is 20.9. The van der Waals surface area contributed by atoms with Gasteiger partial charge in [-0.05, 0) is 18.2 Å². The molecule has 0 unspecified atom stereocenters. The first-order chi connectivity index (χ1) is 15.1. The van der Waals surface area contributed by atoms with E-state index in [0.29, 0.717) is 17.0 Å². The molecule has 0 amide bonds. The summed E-state index contributed by atoms with van der Waals surface area (Å²) in [6, 6.07) is 5.08. The number of hydrogen-bond donors (Lipinski definition) is 0. The van der Waals surface area contributed by atoms with Gasteiger partial charge in [0, 0.05) is 30.9 Å². The van der Waals surface area contributed by atoms with Crippen LogP contribution < -0.4 is 5.63 Å². The normalized spacial score (nSPS) is 12.2. The highest BCUT2D eigenvalue weighted by Crippen LogP contribution is 2.35. The van der Waals surface area contributed by atoms with Gasteiger partial charge in [-0.3, -0.25) is 4.68 Å². The molecule has 4 aromatic heterocycles. The van der Waals surface area contributed by atoms with Gasteiger partial charge in [0.2, 0.25) is 5.89 Å². The maximum absolute atomic E-state index is 13.4. The van der Waals surface area contributed by atoms with Gasteiger partial charge < -0.3 is 4.42 Å². The molecule has 0 saturated carbocycles.